The van der Waals surface area contributed by atoms with Gasteiger partial charge in [-0.2, -0.15) is 14.9 Å². The van der Waals surface area contributed by atoms with Gasteiger partial charge in [0, 0.05) is 6.20 Å². The fourth-order valence-corrected chi connectivity index (χ4v) is 3.18. The van der Waals surface area contributed by atoms with Gasteiger partial charge < -0.3 is 10.2 Å². The highest BCUT2D eigenvalue weighted by atomic mass is 35.5. The van der Waals surface area contributed by atoms with E-state index < -0.39 is 5.56 Å². The first kappa shape index (κ1) is 18.2. The molecule has 0 bridgehead atoms. The molecule has 0 saturated carbocycles. The average Bonchev–Trinajstić information content (AvgIpc) is 3.02. The van der Waals surface area contributed by atoms with E-state index in [0.717, 1.165) is 16.7 Å². The molecule has 2 heterocycles. The van der Waals surface area contributed by atoms with Crippen molar-refractivity contribution in [1.82, 2.24) is 19.6 Å². The van der Waals surface area contributed by atoms with Crippen molar-refractivity contribution in [2.45, 2.75) is 33.8 Å². The Morgan fingerprint density at radius 2 is 1.85 bits per heavy atom. The van der Waals surface area contributed by atoms with Gasteiger partial charge in [0.25, 0.3) is 0 Å². The summed E-state index contributed by atoms with van der Waals surface area (Å²) in [6, 6.07) is 3.61. The van der Waals surface area contributed by atoms with Gasteiger partial charge in [-0.1, -0.05) is 30.7 Å². The van der Waals surface area contributed by atoms with Crippen molar-refractivity contribution in [3.8, 4) is 17.1 Å². The Kier molecular flexibility index (Phi) is 4.84. The average molecular weight is 375 g/mol. The number of aryl methyl sites for hydroxylation is 3. The molecule has 3 rings (SSSR count). The van der Waals surface area contributed by atoms with Gasteiger partial charge in [0.05, 0.1) is 23.5 Å². The molecule has 0 aliphatic rings. The number of aromatic nitrogens is 4. The monoisotopic (exact) mass is 374 g/mol. The minimum Gasteiger partial charge on any atom is -0.504 e. The smallest absolute Gasteiger partial charge is 0.301 e. The van der Waals surface area contributed by atoms with Crippen molar-refractivity contribution in [3.63, 3.8) is 0 Å². The number of rotatable bonds is 4. The lowest BCUT2D eigenvalue weighted by Gasteiger charge is -2.16. The van der Waals surface area contributed by atoms with Crippen LogP contribution in [0.2, 0.25) is 5.02 Å². The molecular weight excluding hydrogens is 356 g/mol. The van der Waals surface area contributed by atoms with Crippen molar-refractivity contribution >= 4 is 11.6 Å². The predicted molar refractivity (Wildman–Crippen MR) is 98.4 cm³/mol. The molecule has 0 saturated heterocycles. The van der Waals surface area contributed by atoms with E-state index in [1.54, 1.807) is 12.1 Å². The summed E-state index contributed by atoms with van der Waals surface area (Å²) in [6.07, 6.45) is 3.28. The molecule has 2 aromatic heterocycles. The van der Waals surface area contributed by atoms with Crippen LogP contribution in [0.25, 0.3) is 11.4 Å². The van der Waals surface area contributed by atoms with Crippen molar-refractivity contribution in [3.05, 3.63) is 62.3 Å². The van der Waals surface area contributed by atoms with Gasteiger partial charge in [0.1, 0.15) is 5.69 Å². The van der Waals surface area contributed by atoms with E-state index >= 15 is 0 Å². The Hall–Kier alpha value is -2.64. The van der Waals surface area contributed by atoms with Crippen LogP contribution >= 0.6 is 11.6 Å². The summed E-state index contributed by atoms with van der Waals surface area (Å²) in [4.78, 5) is 13.1. The van der Waals surface area contributed by atoms with Crippen molar-refractivity contribution < 1.29 is 10.2 Å². The molecule has 0 radical (unpaired) electrons. The summed E-state index contributed by atoms with van der Waals surface area (Å²) in [7, 11) is 0. The van der Waals surface area contributed by atoms with Gasteiger partial charge in [0.15, 0.2) is 11.4 Å². The van der Waals surface area contributed by atoms with E-state index in [4.69, 9.17) is 11.6 Å². The molecule has 0 aliphatic heterocycles. The maximum atomic E-state index is 13.1. The highest BCUT2D eigenvalue weighted by Crippen LogP contribution is 2.25. The number of nitrogens with zero attached hydrogens (tertiary/aromatic N) is 4. The van der Waals surface area contributed by atoms with Crippen LogP contribution in [-0.4, -0.2) is 29.8 Å². The minimum atomic E-state index is -0.512. The molecule has 0 fully saturated rings. The first-order chi connectivity index (χ1) is 12.4. The second-order valence-electron chi connectivity index (χ2n) is 6.05. The van der Waals surface area contributed by atoms with E-state index in [1.165, 1.54) is 21.8 Å². The molecule has 0 amide bonds. The van der Waals surface area contributed by atoms with Crippen LogP contribution < -0.4 is 5.56 Å². The van der Waals surface area contributed by atoms with E-state index in [0.29, 0.717) is 22.8 Å². The quantitative estimate of drug-likeness (QED) is 0.731. The standard InChI is InChI=1S/C18H19ClN4O3/c1-4-14-17(25)16(22-8-13(19)7-20-22)18(26)23(21-14)15-10(2)5-12(9-24)6-11(15)3/h5-8,24-25H,4,9H2,1-3H3. The number of halogens is 1. The van der Waals surface area contributed by atoms with Gasteiger partial charge >= 0.3 is 5.56 Å². The zero-order chi connectivity index (χ0) is 19.0. The fourth-order valence-electron chi connectivity index (χ4n) is 3.04. The van der Waals surface area contributed by atoms with Gasteiger partial charge in [-0.25, -0.2) is 4.68 Å². The molecule has 136 valence electrons. The maximum Gasteiger partial charge on any atom is 0.301 e. The predicted octanol–water partition coefficient (Wildman–Crippen LogP) is 2.45. The molecule has 0 unspecified atom stereocenters. The van der Waals surface area contributed by atoms with Gasteiger partial charge in [-0.3, -0.25) is 4.79 Å². The molecule has 3 aromatic rings. The van der Waals surface area contributed by atoms with Crippen LogP contribution in [0.3, 0.4) is 0 Å². The van der Waals surface area contributed by atoms with Crippen LogP contribution in [0.15, 0.2) is 29.3 Å². The second kappa shape index (κ2) is 6.93. The van der Waals surface area contributed by atoms with Gasteiger partial charge in [-0.15, -0.1) is 0 Å². The van der Waals surface area contributed by atoms with E-state index in [9.17, 15) is 15.0 Å². The van der Waals surface area contributed by atoms with Crippen LogP contribution in [0.4, 0.5) is 0 Å². The largest absolute Gasteiger partial charge is 0.504 e. The highest BCUT2D eigenvalue weighted by molar-refractivity contribution is 6.30. The van der Waals surface area contributed by atoms with Crippen molar-refractivity contribution in [2.24, 2.45) is 0 Å². The zero-order valence-electron chi connectivity index (χ0n) is 14.7. The minimum absolute atomic E-state index is 0.00575. The van der Waals surface area contributed by atoms with Gasteiger partial charge in [-0.05, 0) is 37.0 Å². The van der Waals surface area contributed by atoms with Crippen LogP contribution in [0, 0.1) is 13.8 Å². The highest BCUT2D eigenvalue weighted by Gasteiger charge is 2.21. The summed E-state index contributed by atoms with van der Waals surface area (Å²) in [6.45, 7) is 5.44. The lowest BCUT2D eigenvalue weighted by atomic mass is 10.0. The summed E-state index contributed by atoms with van der Waals surface area (Å²) >= 11 is 5.92. The normalized spacial score (nSPS) is 11.1. The number of hydrogen-bond donors (Lipinski definition) is 2. The van der Waals surface area contributed by atoms with E-state index in [2.05, 4.69) is 10.2 Å². The van der Waals surface area contributed by atoms with Gasteiger partial charge in [0.2, 0.25) is 0 Å². The van der Waals surface area contributed by atoms with Crippen LogP contribution in [0.5, 0.6) is 5.75 Å². The number of hydrogen-bond acceptors (Lipinski definition) is 5. The van der Waals surface area contributed by atoms with Crippen LogP contribution in [-0.2, 0) is 13.0 Å². The summed E-state index contributed by atoms with van der Waals surface area (Å²) in [5.41, 5.74) is 2.81. The third-order valence-electron chi connectivity index (χ3n) is 4.17. The second-order valence-corrected chi connectivity index (χ2v) is 6.49. The summed E-state index contributed by atoms with van der Waals surface area (Å²) in [5.74, 6) is -0.212. The molecule has 26 heavy (non-hydrogen) atoms. The number of benzene rings is 1. The molecule has 0 aliphatic carbocycles. The molecular formula is C18H19ClN4O3. The Labute approximate surface area is 155 Å². The Morgan fingerprint density at radius 3 is 2.35 bits per heavy atom. The number of aromatic hydroxyl groups is 1. The third kappa shape index (κ3) is 3.00. The third-order valence-corrected chi connectivity index (χ3v) is 4.37. The van der Waals surface area contributed by atoms with Crippen molar-refractivity contribution in [1.29, 1.82) is 0 Å². The first-order valence-corrected chi connectivity index (χ1v) is 8.52. The van der Waals surface area contributed by atoms with Crippen LogP contribution in [0.1, 0.15) is 29.3 Å². The lowest BCUT2D eigenvalue weighted by molar-refractivity contribution is 0.281. The number of aliphatic hydroxyl groups excluding tert-OH is 1. The fraction of sp³-hybridized carbons (Fsp3) is 0.278. The maximum absolute atomic E-state index is 13.1. The Balaban J connectivity index is 2.35. The molecule has 0 atom stereocenters. The Morgan fingerprint density at radius 1 is 1.19 bits per heavy atom. The number of aliphatic hydroxyl groups is 1. The SMILES string of the molecule is CCc1nn(-c2c(C)cc(CO)cc2C)c(=O)c(-n2cc(Cl)cn2)c1O. The molecule has 8 heteroatoms. The Bertz CT molecular complexity index is 1020. The lowest BCUT2D eigenvalue weighted by Crippen LogP contribution is -2.28. The molecule has 7 nitrogen and oxygen atoms in total. The molecule has 2 N–H and O–H groups in total. The molecule has 1 aromatic carbocycles. The first-order valence-electron chi connectivity index (χ1n) is 8.14. The van der Waals surface area contributed by atoms with E-state index in [1.807, 2.05) is 20.8 Å². The van der Waals surface area contributed by atoms with Crippen molar-refractivity contribution in [2.75, 3.05) is 0 Å². The molecule has 0 spiro atoms. The van der Waals surface area contributed by atoms with E-state index in [-0.39, 0.29) is 18.0 Å². The summed E-state index contributed by atoms with van der Waals surface area (Å²) < 4.78 is 2.53. The summed E-state index contributed by atoms with van der Waals surface area (Å²) in [5, 5.41) is 28.6. The topological polar surface area (TPSA) is 93.2 Å². The zero-order valence-corrected chi connectivity index (χ0v) is 15.4.